The number of para-hydroxylation sites is 2. The second kappa shape index (κ2) is 10.4. The third kappa shape index (κ3) is 6.12. The summed E-state index contributed by atoms with van der Waals surface area (Å²) >= 11 is 0. The van der Waals surface area contributed by atoms with Crippen LogP contribution < -0.4 is 15.4 Å². The van der Waals surface area contributed by atoms with Gasteiger partial charge >= 0.3 is 6.03 Å². The lowest BCUT2D eigenvalue weighted by Crippen LogP contribution is -2.30. The first-order valence-electron chi connectivity index (χ1n) is 8.67. The van der Waals surface area contributed by atoms with Crippen LogP contribution in [-0.4, -0.2) is 30.9 Å². The Labute approximate surface area is 149 Å². The molecule has 0 saturated carbocycles. The predicted molar refractivity (Wildman–Crippen MR) is 100 cm³/mol. The summed E-state index contributed by atoms with van der Waals surface area (Å²) in [5.74, 6) is 0.879. The molecule has 2 aromatic carbocycles. The molecule has 0 aromatic heterocycles. The Morgan fingerprint density at radius 3 is 2.52 bits per heavy atom. The molecule has 5 nitrogen and oxygen atoms in total. The van der Waals surface area contributed by atoms with E-state index in [0.717, 1.165) is 6.42 Å². The number of urea groups is 1. The van der Waals surface area contributed by atoms with Crippen LogP contribution in [0.3, 0.4) is 0 Å². The van der Waals surface area contributed by atoms with Gasteiger partial charge in [0.1, 0.15) is 5.75 Å². The van der Waals surface area contributed by atoms with E-state index in [9.17, 15) is 9.90 Å². The van der Waals surface area contributed by atoms with Gasteiger partial charge in [0.05, 0.1) is 12.3 Å². The Kier molecular flexibility index (Phi) is 7.79. The number of benzene rings is 2. The predicted octanol–water partition coefficient (Wildman–Crippen LogP) is 3.76. The fraction of sp³-hybridized carbons (Fsp3) is 0.350. The van der Waals surface area contributed by atoms with Crippen LogP contribution in [0.4, 0.5) is 10.5 Å². The zero-order valence-electron chi connectivity index (χ0n) is 14.6. The molecule has 134 valence electrons. The molecule has 0 aliphatic carbocycles. The van der Waals surface area contributed by atoms with Crippen molar-refractivity contribution in [2.24, 2.45) is 0 Å². The van der Waals surface area contributed by atoms with Gasteiger partial charge in [-0.25, -0.2) is 4.79 Å². The van der Waals surface area contributed by atoms with Gasteiger partial charge in [-0.15, -0.1) is 0 Å². The van der Waals surface area contributed by atoms with Gasteiger partial charge in [-0.2, -0.15) is 0 Å². The molecule has 0 fully saturated rings. The van der Waals surface area contributed by atoms with Crippen LogP contribution in [0.1, 0.15) is 31.2 Å². The lowest BCUT2D eigenvalue weighted by molar-refractivity contribution is 0.250. The maximum atomic E-state index is 12.1. The zero-order chi connectivity index (χ0) is 17.9. The largest absolute Gasteiger partial charge is 0.492 e. The van der Waals surface area contributed by atoms with Crippen LogP contribution in [0.2, 0.25) is 0 Å². The highest BCUT2D eigenvalue weighted by Gasteiger charge is 2.12. The number of aliphatic hydroxyl groups is 1. The van der Waals surface area contributed by atoms with Gasteiger partial charge < -0.3 is 20.5 Å². The van der Waals surface area contributed by atoms with Crippen molar-refractivity contribution in [3.8, 4) is 5.75 Å². The highest BCUT2D eigenvalue weighted by Crippen LogP contribution is 2.24. The smallest absolute Gasteiger partial charge is 0.319 e. The number of rotatable bonds is 9. The quantitative estimate of drug-likeness (QED) is 0.650. The normalized spacial score (nSPS) is 11.6. The molecule has 0 spiro atoms. The van der Waals surface area contributed by atoms with Crippen molar-refractivity contribution in [1.29, 1.82) is 0 Å². The van der Waals surface area contributed by atoms with E-state index >= 15 is 0 Å². The molecule has 3 N–H and O–H groups in total. The minimum Gasteiger partial charge on any atom is -0.492 e. The molecule has 25 heavy (non-hydrogen) atoms. The lowest BCUT2D eigenvalue weighted by atomic mass is 9.93. The van der Waals surface area contributed by atoms with Crippen LogP contribution >= 0.6 is 0 Å². The molecule has 0 bridgehead atoms. The average molecular weight is 342 g/mol. The summed E-state index contributed by atoms with van der Waals surface area (Å²) in [7, 11) is 0. The highest BCUT2D eigenvalue weighted by molar-refractivity contribution is 5.90. The number of amides is 2. The van der Waals surface area contributed by atoms with Crippen LogP contribution in [0.15, 0.2) is 54.6 Å². The van der Waals surface area contributed by atoms with Gasteiger partial charge in [0.15, 0.2) is 0 Å². The van der Waals surface area contributed by atoms with Crippen LogP contribution in [0.5, 0.6) is 5.75 Å². The van der Waals surface area contributed by atoms with E-state index < -0.39 is 0 Å². The van der Waals surface area contributed by atoms with E-state index in [2.05, 4.69) is 22.8 Å². The van der Waals surface area contributed by atoms with E-state index in [-0.39, 0.29) is 18.6 Å². The number of hydrogen-bond acceptors (Lipinski definition) is 3. The van der Waals surface area contributed by atoms with Crippen LogP contribution in [-0.2, 0) is 0 Å². The maximum Gasteiger partial charge on any atom is 0.319 e. The first-order chi connectivity index (χ1) is 12.2. The molecule has 1 atom stereocenters. The molecule has 1 unspecified atom stereocenters. The first-order valence-corrected chi connectivity index (χ1v) is 8.67. The summed E-state index contributed by atoms with van der Waals surface area (Å²) in [6.45, 7) is 3.11. The van der Waals surface area contributed by atoms with Crippen molar-refractivity contribution in [1.82, 2.24) is 5.32 Å². The molecule has 2 amide bonds. The Balaban J connectivity index is 1.85. The molecule has 0 heterocycles. The first kappa shape index (κ1) is 18.8. The number of anilines is 1. The maximum absolute atomic E-state index is 12.1. The monoisotopic (exact) mass is 342 g/mol. The molecule has 0 aliphatic rings. The number of carbonyl (C=O) groups is 1. The third-order valence-corrected chi connectivity index (χ3v) is 3.96. The number of nitrogens with one attached hydrogen (secondary N) is 2. The minimum absolute atomic E-state index is 0.132. The number of carbonyl (C=O) groups excluding carboxylic acids is 1. The molecule has 5 heteroatoms. The van der Waals surface area contributed by atoms with Crippen molar-refractivity contribution in [3.63, 3.8) is 0 Å². The van der Waals surface area contributed by atoms with E-state index in [0.29, 0.717) is 31.0 Å². The van der Waals surface area contributed by atoms with Gasteiger partial charge in [-0.1, -0.05) is 42.5 Å². The lowest BCUT2D eigenvalue weighted by Gasteiger charge is -2.17. The SMILES string of the molecule is CCOc1ccccc1NC(=O)NCCC(CCO)c1ccccc1. The van der Waals surface area contributed by atoms with E-state index in [1.807, 2.05) is 49.4 Å². The molecular weight excluding hydrogens is 316 g/mol. The van der Waals surface area contributed by atoms with Crippen molar-refractivity contribution in [3.05, 3.63) is 60.2 Å². The summed E-state index contributed by atoms with van der Waals surface area (Å²) in [6.07, 6.45) is 1.45. The summed E-state index contributed by atoms with van der Waals surface area (Å²) in [4.78, 5) is 12.1. The molecule has 2 rings (SSSR count). The molecule has 2 aromatic rings. The third-order valence-electron chi connectivity index (χ3n) is 3.96. The fourth-order valence-corrected chi connectivity index (χ4v) is 2.74. The van der Waals surface area contributed by atoms with Gasteiger partial charge in [-0.3, -0.25) is 0 Å². The standard InChI is InChI=1S/C20H26N2O3/c1-2-25-19-11-7-6-10-18(19)22-20(24)21-14-12-17(13-15-23)16-8-4-3-5-9-16/h3-11,17,23H,2,12-15H2,1H3,(H2,21,22,24). The van der Waals surface area contributed by atoms with Crippen LogP contribution in [0, 0.1) is 0 Å². The number of hydrogen-bond donors (Lipinski definition) is 3. The summed E-state index contributed by atoms with van der Waals surface area (Å²) in [6, 6.07) is 17.2. The Morgan fingerprint density at radius 1 is 1.08 bits per heavy atom. The van der Waals surface area contributed by atoms with Gasteiger partial charge in [-0.05, 0) is 43.4 Å². The van der Waals surface area contributed by atoms with E-state index in [1.165, 1.54) is 5.56 Å². The number of ether oxygens (including phenoxy) is 1. The number of aliphatic hydroxyl groups excluding tert-OH is 1. The summed E-state index contributed by atoms with van der Waals surface area (Å²) in [5, 5.41) is 15.0. The minimum atomic E-state index is -0.261. The van der Waals surface area contributed by atoms with Gasteiger partial charge in [0, 0.05) is 13.2 Å². The second-order valence-corrected chi connectivity index (χ2v) is 5.72. The Hall–Kier alpha value is -2.53. The topological polar surface area (TPSA) is 70.6 Å². The zero-order valence-corrected chi connectivity index (χ0v) is 14.6. The second-order valence-electron chi connectivity index (χ2n) is 5.72. The molecular formula is C20H26N2O3. The Bertz CT molecular complexity index is 646. The average Bonchev–Trinajstić information content (AvgIpc) is 2.63. The van der Waals surface area contributed by atoms with Gasteiger partial charge in [0.25, 0.3) is 0 Å². The van der Waals surface area contributed by atoms with E-state index in [1.54, 1.807) is 0 Å². The van der Waals surface area contributed by atoms with Crippen LogP contribution in [0.25, 0.3) is 0 Å². The van der Waals surface area contributed by atoms with E-state index in [4.69, 9.17) is 4.74 Å². The van der Waals surface area contributed by atoms with Gasteiger partial charge in [0.2, 0.25) is 0 Å². The fourth-order valence-electron chi connectivity index (χ4n) is 2.74. The van der Waals surface area contributed by atoms with Crippen molar-refractivity contribution >= 4 is 11.7 Å². The highest BCUT2D eigenvalue weighted by atomic mass is 16.5. The molecule has 0 saturated heterocycles. The van der Waals surface area contributed by atoms with Crippen molar-refractivity contribution in [2.45, 2.75) is 25.7 Å². The molecule has 0 radical (unpaired) electrons. The Morgan fingerprint density at radius 2 is 1.80 bits per heavy atom. The summed E-state index contributed by atoms with van der Waals surface area (Å²) in [5.41, 5.74) is 1.83. The summed E-state index contributed by atoms with van der Waals surface area (Å²) < 4.78 is 5.50. The van der Waals surface area contributed by atoms with Crippen molar-refractivity contribution in [2.75, 3.05) is 25.1 Å². The van der Waals surface area contributed by atoms with Crippen molar-refractivity contribution < 1.29 is 14.6 Å². The molecule has 0 aliphatic heterocycles.